The third kappa shape index (κ3) is 3.59. The normalized spacial score (nSPS) is 12.6. The number of rotatable bonds is 5. The van der Waals surface area contributed by atoms with Crippen molar-refractivity contribution in [3.05, 3.63) is 45.1 Å². The average Bonchev–Trinajstić information content (AvgIpc) is 2.82. The van der Waals surface area contributed by atoms with Crippen LogP contribution in [0, 0.1) is 0 Å². The van der Waals surface area contributed by atoms with Gasteiger partial charge in [-0.05, 0) is 40.5 Å². The Hall–Kier alpha value is -0.780. The van der Waals surface area contributed by atoms with Crippen LogP contribution in [0.4, 0.5) is 0 Å². The maximum absolute atomic E-state index is 4.19. The summed E-state index contributed by atoms with van der Waals surface area (Å²) >= 11 is 5.14. The zero-order valence-electron chi connectivity index (χ0n) is 9.56. The Labute approximate surface area is 113 Å². The van der Waals surface area contributed by atoms with Gasteiger partial charge in [0, 0.05) is 34.0 Å². The molecule has 1 atom stereocenters. The number of thiazole rings is 1. The summed E-state index contributed by atoms with van der Waals surface area (Å²) < 4.78 is 1.02. The number of pyridine rings is 1. The van der Waals surface area contributed by atoms with E-state index in [1.807, 2.05) is 17.9 Å². The summed E-state index contributed by atoms with van der Waals surface area (Å²) in [5, 5.41) is 3.48. The summed E-state index contributed by atoms with van der Waals surface area (Å²) in [6.07, 6.45) is 6.58. The first kappa shape index (κ1) is 12.7. The standard InChI is InChI=1S/C12H14BrN3S/c1-2-16-11(12-7-15-8-17-12)4-9-3-10(13)6-14-5-9/h3,5-8,11,16H,2,4H2,1H3. The molecule has 1 unspecified atom stereocenters. The minimum Gasteiger partial charge on any atom is -0.309 e. The van der Waals surface area contributed by atoms with E-state index in [9.17, 15) is 0 Å². The third-order valence-corrected chi connectivity index (χ3v) is 3.77. The Morgan fingerprint density at radius 2 is 2.24 bits per heavy atom. The molecule has 0 aliphatic rings. The SMILES string of the molecule is CCNC(Cc1cncc(Br)c1)c1cncs1. The van der Waals surface area contributed by atoms with Crippen LogP contribution in [0.1, 0.15) is 23.4 Å². The number of nitrogens with one attached hydrogen (secondary N) is 1. The van der Waals surface area contributed by atoms with Gasteiger partial charge in [0.15, 0.2) is 0 Å². The van der Waals surface area contributed by atoms with Crippen molar-refractivity contribution < 1.29 is 0 Å². The molecule has 0 bridgehead atoms. The highest BCUT2D eigenvalue weighted by molar-refractivity contribution is 9.10. The van der Waals surface area contributed by atoms with E-state index in [4.69, 9.17) is 0 Å². The van der Waals surface area contributed by atoms with Crippen molar-refractivity contribution in [1.82, 2.24) is 15.3 Å². The van der Waals surface area contributed by atoms with Crippen molar-refractivity contribution in [1.29, 1.82) is 0 Å². The van der Waals surface area contributed by atoms with E-state index in [1.165, 1.54) is 10.4 Å². The molecule has 0 radical (unpaired) electrons. The molecular formula is C12H14BrN3S. The Morgan fingerprint density at radius 1 is 1.35 bits per heavy atom. The second-order valence-corrected chi connectivity index (χ2v) is 5.56. The van der Waals surface area contributed by atoms with Crippen molar-refractivity contribution in [2.24, 2.45) is 0 Å². The Bertz CT molecular complexity index is 459. The number of aromatic nitrogens is 2. The molecule has 0 saturated carbocycles. The highest BCUT2D eigenvalue weighted by Crippen LogP contribution is 2.22. The zero-order valence-corrected chi connectivity index (χ0v) is 12.0. The lowest BCUT2D eigenvalue weighted by Gasteiger charge is -2.15. The van der Waals surface area contributed by atoms with Crippen molar-refractivity contribution in [2.45, 2.75) is 19.4 Å². The van der Waals surface area contributed by atoms with Gasteiger partial charge in [0.2, 0.25) is 0 Å². The lowest BCUT2D eigenvalue weighted by molar-refractivity contribution is 0.556. The monoisotopic (exact) mass is 311 g/mol. The van der Waals surface area contributed by atoms with Crippen molar-refractivity contribution in [2.75, 3.05) is 6.54 Å². The van der Waals surface area contributed by atoms with Gasteiger partial charge in [-0.15, -0.1) is 11.3 Å². The van der Waals surface area contributed by atoms with Gasteiger partial charge < -0.3 is 5.32 Å². The van der Waals surface area contributed by atoms with Crippen LogP contribution in [0.5, 0.6) is 0 Å². The summed E-state index contributed by atoms with van der Waals surface area (Å²) in [7, 11) is 0. The van der Waals surface area contributed by atoms with E-state index < -0.39 is 0 Å². The van der Waals surface area contributed by atoms with E-state index >= 15 is 0 Å². The van der Waals surface area contributed by atoms with E-state index in [1.54, 1.807) is 17.5 Å². The molecule has 0 spiro atoms. The fourth-order valence-corrected chi connectivity index (χ4v) is 2.83. The number of nitrogens with zero attached hydrogens (tertiary/aromatic N) is 2. The van der Waals surface area contributed by atoms with Crippen LogP contribution in [0.15, 0.2) is 34.6 Å². The van der Waals surface area contributed by atoms with Gasteiger partial charge in [0.05, 0.1) is 5.51 Å². The second kappa shape index (κ2) is 6.23. The first-order chi connectivity index (χ1) is 8.29. The van der Waals surface area contributed by atoms with E-state index in [2.05, 4.69) is 44.2 Å². The minimum atomic E-state index is 0.323. The van der Waals surface area contributed by atoms with Crippen LogP contribution in [-0.2, 0) is 6.42 Å². The van der Waals surface area contributed by atoms with Crippen LogP contribution < -0.4 is 5.32 Å². The quantitative estimate of drug-likeness (QED) is 0.921. The van der Waals surface area contributed by atoms with E-state index in [0.29, 0.717) is 6.04 Å². The maximum atomic E-state index is 4.19. The van der Waals surface area contributed by atoms with Crippen molar-refractivity contribution in [3.63, 3.8) is 0 Å². The molecule has 2 rings (SSSR count). The van der Waals surface area contributed by atoms with Gasteiger partial charge in [-0.2, -0.15) is 0 Å². The second-order valence-electron chi connectivity index (χ2n) is 3.73. The van der Waals surface area contributed by atoms with Gasteiger partial charge in [0.1, 0.15) is 0 Å². The van der Waals surface area contributed by atoms with Crippen molar-refractivity contribution >= 4 is 27.3 Å². The first-order valence-electron chi connectivity index (χ1n) is 5.50. The third-order valence-electron chi connectivity index (χ3n) is 2.45. The predicted octanol–water partition coefficient (Wildman–Crippen LogP) is 3.19. The molecule has 1 N–H and O–H groups in total. The highest BCUT2D eigenvalue weighted by atomic mass is 79.9. The fourth-order valence-electron chi connectivity index (χ4n) is 1.72. The summed E-state index contributed by atoms with van der Waals surface area (Å²) in [4.78, 5) is 9.60. The molecule has 0 amide bonds. The van der Waals surface area contributed by atoms with Gasteiger partial charge in [-0.25, -0.2) is 0 Å². The molecule has 0 aromatic carbocycles. The molecule has 90 valence electrons. The molecule has 2 aromatic rings. The molecule has 5 heteroatoms. The summed E-state index contributed by atoms with van der Waals surface area (Å²) in [5.41, 5.74) is 3.09. The molecule has 3 nitrogen and oxygen atoms in total. The van der Waals surface area contributed by atoms with Gasteiger partial charge >= 0.3 is 0 Å². The molecule has 2 heterocycles. The topological polar surface area (TPSA) is 37.8 Å². The summed E-state index contributed by atoms with van der Waals surface area (Å²) in [6.45, 7) is 3.07. The van der Waals surface area contributed by atoms with Crippen LogP contribution in [0.25, 0.3) is 0 Å². The molecule has 0 aliphatic carbocycles. The number of likely N-dealkylation sites (N-methyl/N-ethyl adjacent to an activating group) is 1. The Kier molecular flexibility index (Phi) is 4.65. The van der Waals surface area contributed by atoms with Crippen LogP contribution in [-0.4, -0.2) is 16.5 Å². The maximum Gasteiger partial charge on any atom is 0.0794 e. The minimum absolute atomic E-state index is 0.323. The number of hydrogen-bond acceptors (Lipinski definition) is 4. The smallest absolute Gasteiger partial charge is 0.0794 e. The highest BCUT2D eigenvalue weighted by Gasteiger charge is 2.12. The fraction of sp³-hybridized carbons (Fsp3) is 0.333. The zero-order chi connectivity index (χ0) is 12.1. The van der Waals surface area contributed by atoms with Crippen molar-refractivity contribution in [3.8, 4) is 0 Å². The summed E-state index contributed by atoms with van der Waals surface area (Å²) in [6, 6.07) is 2.43. The van der Waals surface area contributed by atoms with Gasteiger partial charge in [0.25, 0.3) is 0 Å². The van der Waals surface area contributed by atoms with E-state index in [0.717, 1.165) is 17.4 Å². The molecule has 17 heavy (non-hydrogen) atoms. The summed E-state index contributed by atoms with van der Waals surface area (Å²) in [5.74, 6) is 0. The van der Waals surface area contributed by atoms with Gasteiger partial charge in [-0.1, -0.05) is 6.92 Å². The molecule has 0 aliphatic heterocycles. The van der Waals surface area contributed by atoms with Crippen LogP contribution >= 0.6 is 27.3 Å². The Balaban J connectivity index is 2.13. The number of hydrogen-bond donors (Lipinski definition) is 1. The number of halogens is 1. The molecular weight excluding hydrogens is 298 g/mol. The Morgan fingerprint density at radius 3 is 2.88 bits per heavy atom. The van der Waals surface area contributed by atoms with E-state index in [-0.39, 0.29) is 0 Å². The largest absolute Gasteiger partial charge is 0.309 e. The molecule has 0 fully saturated rings. The van der Waals surface area contributed by atoms with Crippen LogP contribution in [0.3, 0.4) is 0 Å². The van der Waals surface area contributed by atoms with Gasteiger partial charge in [-0.3, -0.25) is 9.97 Å². The predicted molar refractivity (Wildman–Crippen MR) is 74.2 cm³/mol. The first-order valence-corrected chi connectivity index (χ1v) is 7.18. The van der Waals surface area contributed by atoms with Crippen LogP contribution in [0.2, 0.25) is 0 Å². The molecule has 0 saturated heterocycles. The lowest BCUT2D eigenvalue weighted by Crippen LogP contribution is -2.22. The molecule has 2 aromatic heterocycles. The average molecular weight is 312 g/mol. The lowest BCUT2D eigenvalue weighted by atomic mass is 10.1.